The van der Waals surface area contributed by atoms with E-state index in [0.29, 0.717) is 47.3 Å². The molecule has 0 aliphatic carbocycles. The van der Waals surface area contributed by atoms with E-state index in [1.807, 2.05) is 6.07 Å². The molecule has 0 bridgehead atoms. The number of nitrogens with one attached hydrogen (secondary N) is 2. The molecule has 0 saturated carbocycles. The van der Waals surface area contributed by atoms with Crippen LogP contribution in [-0.4, -0.2) is 49.4 Å². The van der Waals surface area contributed by atoms with Crippen molar-refractivity contribution < 1.29 is 9.59 Å². The van der Waals surface area contributed by atoms with Gasteiger partial charge in [-0.15, -0.1) is 0 Å². The van der Waals surface area contributed by atoms with E-state index in [2.05, 4.69) is 36.3 Å². The van der Waals surface area contributed by atoms with Gasteiger partial charge in [-0.2, -0.15) is 5.10 Å². The molecule has 2 N–H and O–H groups in total. The van der Waals surface area contributed by atoms with Gasteiger partial charge in [-0.3, -0.25) is 14.4 Å². The number of benzene rings is 1. The Balaban J connectivity index is 1.38. The molecule has 162 valence electrons. The molecule has 0 spiro atoms. The van der Waals surface area contributed by atoms with E-state index < -0.39 is 0 Å². The third kappa shape index (κ3) is 3.66. The predicted octanol–water partition coefficient (Wildman–Crippen LogP) is 2.82. The highest BCUT2D eigenvalue weighted by molar-refractivity contribution is 9.10. The van der Waals surface area contributed by atoms with Gasteiger partial charge in [0.2, 0.25) is 5.91 Å². The van der Waals surface area contributed by atoms with Crippen molar-refractivity contribution in [3.63, 3.8) is 0 Å². The van der Waals surface area contributed by atoms with E-state index in [4.69, 9.17) is 0 Å². The van der Waals surface area contributed by atoms with Gasteiger partial charge >= 0.3 is 0 Å². The summed E-state index contributed by atoms with van der Waals surface area (Å²) in [6.45, 7) is 0.824. The smallest absolute Gasteiger partial charge is 0.259 e. The van der Waals surface area contributed by atoms with Gasteiger partial charge in [0.1, 0.15) is 17.0 Å². The molecule has 0 radical (unpaired) electrons. The molecule has 1 fully saturated rings. The number of carbonyl (C=O) groups is 2. The zero-order valence-electron chi connectivity index (χ0n) is 16.9. The molecule has 1 aliphatic heterocycles. The van der Waals surface area contributed by atoms with Gasteiger partial charge < -0.3 is 15.2 Å². The van der Waals surface area contributed by atoms with Crippen molar-refractivity contribution in [2.45, 2.75) is 12.8 Å². The number of carbonyl (C=O) groups excluding carboxylic acids is 2. The van der Waals surface area contributed by atoms with Crippen molar-refractivity contribution in [3.05, 3.63) is 69.2 Å². The molecule has 1 saturated heterocycles. The number of pyridine rings is 1. The first kappa shape index (κ1) is 20.4. The van der Waals surface area contributed by atoms with Gasteiger partial charge in [-0.1, -0.05) is 12.1 Å². The highest BCUT2D eigenvalue weighted by atomic mass is 79.9. The average Bonchev–Trinajstić information content (AvgIpc) is 3.24. The molecule has 2 amide bonds. The Morgan fingerprint density at radius 2 is 2.00 bits per heavy atom. The zero-order chi connectivity index (χ0) is 22.2. The van der Waals surface area contributed by atoms with E-state index >= 15 is 0 Å². The number of amides is 2. The van der Waals surface area contributed by atoms with Crippen LogP contribution in [0.3, 0.4) is 0 Å². The predicted molar refractivity (Wildman–Crippen MR) is 123 cm³/mol. The van der Waals surface area contributed by atoms with Gasteiger partial charge in [-0.05, 0) is 53.0 Å². The number of piperidine rings is 1. The summed E-state index contributed by atoms with van der Waals surface area (Å²) in [4.78, 5) is 47.1. The van der Waals surface area contributed by atoms with Crippen LogP contribution in [0.1, 0.15) is 23.2 Å². The maximum absolute atomic E-state index is 13.3. The minimum Gasteiger partial charge on any atom is -0.338 e. The van der Waals surface area contributed by atoms with Crippen LogP contribution in [0.15, 0.2) is 58.1 Å². The highest BCUT2D eigenvalue weighted by Gasteiger charge is 2.30. The van der Waals surface area contributed by atoms with Crippen molar-refractivity contribution in [3.8, 4) is 0 Å². The van der Waals surface area contributed by atoms with Crippen molar-refractivity contribution in [2.24, 2.45) is 5.92 Å². The Labute approximate surface area is 190 Å². The van der Waals surface area contributed by atoms with E-state index in [-0.39, 0.29) is 29.8 Å². The van der Waals surface area contributed by atoms with E-state index in [0.717, 1.165) is 4.47 Å². The lowest BCUT2D eigenvalue weighted by Crippen LogP contribution is -2.43. The number of halogens is 1. The maximum atomic E-state index is 13.3. The number of anilines is 1. The Morgan fingerprint density at radius 3 is 2.81 bits per heavy atom. The lowest BCUT2D eigenvalue weighted by Gasteiger charge is -2.31. The first-order valence-electron chi connectivity index (χ1n) is 10.2. The molecule has 5 rings (SSSR count). The van der Waals surface area contributed by atoms with Crippen LogP contribution in [0, 0.1) is 5.92 Å². The monoisotopic (exact) mass is 494 g/mol. The molecule has 1 aliphatic rings. The van der Waals surface area contributed by atoms with Gasteiger partial charge in [0.15, 0.2) is 0 Å². The van der Waals surface area contributed by atoms with Crippen LogP contribution in [0.2, 0.25) is 0 Å². The molecule has 1 aromatic carbocycles. The number of fused-ring (bicyclic) bond motifs is 3. The number of hydrogen-bond acceptors (Lipinski definition) is 5. The minimum absolute atomic E-state index is 0.170. The largest absolute Gasteiger partial charge is 0.338 e. The molecule has 3 aromatic heterocycles. The summed E-state index contributed by atoms with van der Waals surface area (Å²) in [5.74, 6) is -0.310. The van der Waals surface area contributed by atoms with Crippen molar-refractivity contribution >= 4 is 50.1 Å². The van der Waals surface area contributed by atoms with Crippen LogP contribution in [0.25, 0.3) is 16.6 Å². The number of rotatable bonds is 3. The lowest BCUT2D eigenvalue weighted by molar-refractivity contribution is -0.121. The van der Waals surface area contributed by atoms with Gasteiger partial charge in [0, 0.05) is 23.8 Å². The minimum atomic E-state index is -0.347. The van der Waals surface area contributed by atoms with Crippen LogP contribution < -0.4 is 10.9 Å². The second-order valence-electron chi connectivity index (χ2n) is 7.73. The summed E-state index contributed by atoms with van der Waals surface area (Å²) in [7, 11) is 0. The Bertz CT molecular complexity index is 1390. The van der Waals surface area contributed by atoms with Gasteiger partial charge in [0.05, 0.1) is 23.0 Å². The molecule has 1 atom stereocenters. The number of aromatic amines is 1. The topological polar surface area (TPSA) is 112 Å². The molecule has 32 heavy (non-hydrogen) atoms. The second kappa shape index (κ2) is 8.19. The van der Waals surface area contributed by atoms with E-state index in [1.54, 1.807) is 45.9 Å². The fourth-order valence-electron chi connectivity index (χ4n) is 4.06. The fourth-order valence-corrected chi connectivity index (χ4v) is 4.29. The van der Waals surface area contributed by atoms with Crippen molar-refractivity contribution in [1.82, 2.24) is 24.5 Å². The Hall–Kier alpha value is -3.53. The van der Waals surface area contributed by atoms with E-state index in [9.17, 15) is 14.4 Å². The summed E-state index contributed by atoms with van der Waals surface area (Å²) >= 11 is 3.32. The normalized spacial score (nSPS) is 16.4. The summed E-state index contributed by atoms with van der Waals surface area (Å²) in [6.07, 6.45) is 4.47. The lowest BCUT2D eigenvalue weighted by atomic mass is 9.96. The number of H-pyrrole nitrogens is 1. The van der Waals surface area contributed by atoms with Crippen LogP contribution in [-0.2, 0) is 4.79 Å². The second-order valence-corrected chi connectivity index (χ2v) is 8.65. The summed E-state index contributed by atoms with van der Waals surface area (Å²) in [5.41, 5.74) is 1.01. The Kier molecular flexibility index (Phi) is 5.22. The molecule has 4 heterocycles. The summed E-state index contributed by atoms with van der Waals surface area (Å²) in [5, 5.41) is 7.64. The summed E-state index contributed by atoms with van der Waals surface area (Å²) < 4.78 is 2.39. The number of para-hydroxylation sites is 1. The molecule has 1 unspecified atom stereocenters. The van der Waals surface area contributed by atoms with Crippen LogP contribution in [0.5, 0.6) is 0 Å². The maximum Gasteiger partial charge on any atom is 0.259 e. The Morgan fingerprint density at radius 1 is 1.16 bits per heavy atom. The third-order valence-electron chi connectivity index (χ3n) is 5.67. The van der Waals surface area contributed by atoms with E-state index in [1.165, 1.54) is 6.20 Å². The highest BCUT2D eigenvalue weighted by Crippen LogP contribution is 2.22. The molecular formula is C22H19BrN6O3. The number of aromatic nitrogens is 4. The van der Waals surface area contributed by atoms with Crippen LogP contribution >= 0.6 is 15.9 Å². The fraction of sp³-hybridized carbons (Fsp3) is 0.227. The molecule has 4 aromatic rings. The molecular weight excluding hydrogens is 476 g/mol. The molecule has 10 heteroatoms. The van der Waals surface area contributed by atoms with Crippen LogP contribution in [0.4, 0.5) is 5.82 Å². The quantitative estimate of drug-likeness (QED) is 0.454. The number of hydrogen-bond donors (Lipinski definition) is 2. The summed E-state index contributed by atoms with van der Waals surface area (Å²) in [6, 6.07) is 10.6. The first-order valence-corrected chi connectivity index (χ1v) is 11.0. The standard InChI is InChI=1S/C22H19BrN6O3/c23-14-7-8-18(24-10-14)26-20(30)13-4-3-9-28(12-13)22(32)16-11-25-29-17-6-2-1-5-15(17)21(31)27-19(16)29/h1-2,5-8,10-11,13H,3-4,9,12H2,(H,27,31)(H,24,26,30). The first-order chi connectivity index (χ1) is 15.5. The SMILES string of the molecule is O=C(Nc1ccc(Br)cn1)C1CCCN(C(=O)c2cnn3c2[nH]c(=O)c2ccccc23)C1. The van der Waals surface area contributed by atoms with Crippen molar-refractivity contribution in [1.29, 1.82) is 0 Å². The zero-order valence-corrected chi connectivity index (χ0v) is 18.5. The third-order valence-corrected chi connectivity index (χ3v) is 6.14. The van der Waals surface area contributed by atoms with Crippen molar-refractivity contribution in [2.75, 3.05) is 18.4 Å². The molecule has 9 nitrogen and oxygen atoms in total. The van der Waals surface area contributed by atoms with Gasteiger partial charge in [0.25, 0.3) is 11.5 Å². The van der Waals surface area contributed by atoms with Gasteiger partial charge in [-0.25, -0.2) is 9.50 Å². The average molecular weight is 495 g/mol. The number of likely N-dealkylation sites (tertiary alicyclic amines) is 1. The number of nitrogens with zero attached hydrogens (tertiary/aromatic N) is 4.